The van der Waals surface area contributed by atoms with Gasteiger partial charge in [0.1, 0.15) is 0 Å². The van der Waals surface area contributed by atoms with Crippen LogP contribution in [0.25, 0.3) is 0 Å². The minimum absolute atomic E-state index is 0.573. The molecular formula is C7H15O2. The summed E-state index contributed by atoms with van der Waals surface area (Å²) in [5.41, 5.74) is 0. The van der Waals surface area contributed by atoms with Crippen molar-refractivity contribution in [2.24, 2.45) is 0 Å². The fourth-order valence-corrected chi connectivity index (χ4v) is 0.477. The van der Waals surface area contributed by atoms with Crippen molar-refractivity contribution < 1.29 is 9.84 Å². The predicted octanol–water partition coefficient (Wildman–Crippen LogP) is 1.97. The molecule has 0 aromatic heterocycles. The lowest BCUT2D eigenvalue weighted by Crippen LogP contribution is -2.08. The highest BCUT2D eigenvalue weighted by molar-refractivity contribution is 4.35. The molecule has 1 radical (unpaired) electrons. The van der Waals surface area contributed by atoms with Crippen molar-refractivity contribution in [3.63, 3.8) is 0 Å². The largest absolute Gasteiger partial charge is 0.350 e. The molecule has 0 bridgehead atoms. The van der Waals surface area contributed by atoms with Gasteiger partial charge in [0.25, 0.3) is 0 Å². The predicted molar refractivity (Wildman–Crippen MR) is 35.6 cm³/mol. The Bertz CT molecular complexity index is 54.9. The molecule has 0 aromatic rings. The lowest BCUT2D eigenvalue weighted by atomic mass is 10.4. The second-order valence-electron chi connectivity index (χ2n) is 2.06. The quantitative estimate of drug-likeness (QED) is 0.414. The lowest BCUT2D eigenvalue weighted by Gasteiger charge is -2.04. The highest BCUT2D eigenvalue weighted by Crippen LogP contribution is 1.95. The molecule has 0 fully saturated rings. The molecule has 0 saturated carbocycles. The molecule has 0 rings (SSSR count). The molecule has 0 spiro atoms. The van der Waals surface area contributed by atoms with Crippen LogP contribution in [0.1, 0.15) is 33.1 Å². The van der Waals surface area contributed by atoms with E-state index in [1.54, 1.807) is 0 Å². The molecule has 0 aliphatic carbocycles. The Morgan fingerprint density at radius 1 is 1.44 bits per heavy atom. The second-order valence-corrected chi connectivity index (χ2v) is 2.06. The SMILES string of the molecule is CCCCOC([O])CC. The van der Waals surface area contributed by atoms with Crippen LogP contribution >= 0.6 is 0 Å². The van der Waals surface area contributed by atoms with Gasteiger partial charge in [-0.05, 0) is 12.8 Å². The van der Waals surface area contributed by atoms with Gasteiger partial charge in [0.05, 0.1) is 0 Å². The summed E-state index contributed by atoms with van der Waals surface area (Å²) in [5.74, 6) is 0. The summed E-state index contributed by atoms with van der Waals surface area (Å²) in [7, 11) is 0. The maximum Gasteiger partial charge on any atom is 0.191 e. The van der Waals surface area contributed by atoms with E-state index in [9.17, 15) is 5.11 Å². The van der Waals surface area contributed by atoms with Crippen LogP contribution < -0.4 is 0 Å². The van der Waals surface area contributed by atoms with Crippen LogP contribution in [0.3, 0.4) is 0 Å². The van der Waals surface area contributed by atoms with Crippen LogP contribution in [0.5, 0.6) is 0 Å². The van der Waals surface area contributed by atoms with Gasteiger partial charge in [-0.25, -0.2) is 5.11 Å². The molecule has 0 aliphatic heterocycles. The van der Waals surface area contributed by atoms with Crippen LogP contribution in [0.2, 0.25) is 0 Å². The van der Waals surface area contributed by atoms with Gasteiger partial charge in [-0.2, -0.15) is 0 Å². The number of unbranched alkanes of at least 4 members (excludes halogenated alkanes) is 1. The summed E-state index contributed by atoms with van der Waals surface area (Å²) in [6, 6.07) is 0. The molecule has 1 atom stereocenters. The molecule has 0 aliphatic rings. The van der Waals surface area contributed by atoms with Gasteiger partial charge in [-0.1, -0.05) is 20.3 Å². The van der Waals surface area contributed by atoms with E-state index in [-0.39, 0.29) is 0 Å². The van der Waals surface area contributed by atoms with E-state index >= 15 is 0 Å². The van der Waals surface area contributed by atoms with E-state index in [1.165, 1.54) is 0 Å². The van der Waals surface area contributed by atoms with E-state index in [2.05, 4.69) is 6.92 Å². The monoisotopic (exact) mass is 131 g/mol. The van der Waals surface area contributed by atoms with Crippen LogP contribution in [0.4, 0.5) is 0 Å². The van der Waals surface area contributed by atoms with Crippen molar-refractivity contribution in [3.8, 4) is 0 Å². The average Bonchev–Trinajstić information content (AvgIpc) is 1.89. The van der Waals surface area contributed by atoms with Crippen LogP contribution in [0, 0.1) is 0 Å². The van der Waals surface area contributed by atoms with Crippen molar-refractivity contribution in [1.29, 1.82) is 0 Å². The molecule has 0 heterocycles. The number of hydrogen-bond acceptors (Lipinski definition) is 1. The fourth-order valence-electron chi connectivity index (χ4n) is 0.477. The van der Waals surface area contributed by atoms with Crippen molar-refractivity contribution >= 4 is 0 Å². The van der Waals surface area contributed by atoms with E-state index in [1.807, 2.05) is 6.92 Å². The number of ether oxygens (including phenoxy) is 1. The second kappa shape index (κ2) is 6.05. The van der Waals surface area contributed by atoms with Gasteiger partial charge in [-0.3, -0.25) is 0 Å². The molecule has 55 valence electrons. The molecule has 9 heavy (non-hydrogen) atoms. The summed E-state index contributed by atoms with van der Waals surface area (Å²) in [5, 5.41) is 10.5. The van der Waals surface area contributed by atoms with Crippen LogP contribution in [-0.2, 0) is 9.84 Å². The van der Waals surface area contributed by atoms with E-state index in [0.29, 0.717) is 13.0 Å². The fraction of sp³-hybridized carbons (Fsp3) is 1.00. The van der Waals surface area contributed by atoms with Crippen molar-refractivity contribution in [1.82, 2.24) is 0 Å². The minimum atomic E-state index is -0.795. The third-order valence-corrected chi connectivity index (χ3v) is 1.13. The highest BCUT2D eigenvalue weighted by atomic mass is 16.6. The maximum atomic E-state index is 10.5. The van der Waals surface area contributed by atoms with Crippen molar-refractivity contribution in [2.75, 3.05) is 6.61 Å². The van der Waals surface area contributed by atoms with Gasteiger partial charge in [0.15, 0.2) is 6.29 Å². The Morgan fingerprint density at radius 3 is 2.56 bits per heavy atom. The van der Waals surface area contributed by atoms with Gasteiger partial charge in [0.2, 0.25) is 0 Å². The zero-order chi connectivity index (χ0) is 7.11. The molecular weight excluding hydrogens is 116 g/mol. The zero-order valence-corrected chi connectivity index (χ0v) is 6.22. The Labute approximate surface area is 56.8 Å². The Morgan fingerprint density at radius 2 is 2.11 bits per heavy atom. The topological polar surface area (TPSA) is 29.1 Å². The summed E-state index contributed by atoms with van der Waals surface area (Å²) in [6.07, 6.45) is 1.87. The van der Waals surface area contributed by atoms with Gasteiger partial charge in [0, 0.05) is 6.61 Å². The lowest BCUT2D eigenvalue weighted by molar-refractivity contribution is -0.141. The Balaban J connectivity index is 2.88. The summed E-state index contributed by atoms with van der Waals surface area (Å²) >= 11 is 0. The van der Waals surface area contributed by atoms with E-state index < -0.39 is 6.29 Å². The Kier molecular flexibility index (Phi) is 5.99. The normalized spacial score (nSPS) is 13.7. The smallest absolute Gasteiger partial charge is 0.191 e. The standard InChI is InChI=1S/C7H15O2/c1-3-5-6-9-7(8)4-2/h7H,3-6H2,1-2H3. The molecule has 0 aromatic carbocycles. The van der Waals surface area contributed by atoms with Gasteiger partial charge < -0.3 is 4.74 Å². The van der Waals surface area contributed by atoms with Crippen molar-refractivity contribution in [3.05, 3.63) is 0 Å². The third-order valence-electron chi connectivity index (χ3n) is 1.13. The van der Waals surface area contributed by atoms with Gasteiger partial charge in [-0.15, -0.1) is 0 Å². The molecule has 1 unspecified atom stereocenters. The number of hydrogen-bond donors (Lipinski definition) is 0. The molecule has 2 nitrogen and oxygen atoms in total. The molecule has 0 amide bonds. The third kappa shape index (κ3) is 5.80. The molecule has 0 N–H and O–H groups in total. The summed E-state index contributed by atoms with van der Waals surface area (Å²) in [4.78, 5) is 0. The highest BCUT2D eigenvalue weighted by Gasteiger charge is 1.99. The first-order valence-electron chi connectivity index (χ1n) is 3.58. The number of rotatable bonds is 5. The first-order valence-corrected chi connectivity index (χ1v) is 3.58. The first kappa shape index (κ1) is 8.92. The molecule has 0 saturated heterocycles. The summed E-state index contributed by atoms with van der Waals surface area (Å²) in [6.45, 7) is 4.54. The van der Waals surface area contributed by atoms with Crippen LogP contribution in [0.15, 0.2) is 0 Å². The molecule has 2 heteroatoms. The summed E-state index contributed by atoms with van der Waals surface area (Å²) < 4.78 is 4.88. The maximum absolute atomic E-state index is 10.5. The van der Waals surface area contributed by atoms with Crippen molar-refractivity contribution in [2.45, 2.75) is 39.4 Å². The average molecular weight is 131 g/mol. The zero-order valence-electron chi connectivity index (χ0n) is 6.22. The van der Waals surface area contributed by atoms with Crippen LogP contribution in [-0.4, -0.2) is 12.9 Å². The van der Waals surface area contributed by atoms with E-state index in [0.717, 1.165) is 12.8 Å². The van der Waals surface area contributed by atoms with Gasteiger partial charge >= 0.3 is 0 Å². The minimum Gasteiger partial charge on any atom is -0.350 e. The Hall–Kier alpha value is -0.0800. The first-order chi connectivity index (χ1) is 4.31. The van der Waals surface area contributed by atoms with E-state index in [4.69, 9.17) is 4.74 Å².